The number of benzene rings is 1. The van der Waals surface area contributed by atoms with Crippen LogP contribution in [0.25, 0.3) is 11.1 Å². The molecule has 0 aliphatic carbocycles. The van der Waals surface area contributed by atoms with Crippen LogP contribution in [0.1, 0.15) is 0 Å². The molecule has 72 valence electrons. The third kappa shape index (κ3) is 1.28. The van der Waals surface area contributed by atoms with Gasteiger partial charge < -0.3 is 15.4 Å². The van der Waals surface area contributed by atoms with Crippen molar-refractivity contribution in [1.29, 1.82) is 0 Å². The molecule has 14 heavy (non-hydrogen) atoms. The molecule has 1 aromatic heterocycles. The minimum atomic E-state index is -0.570. The van der Waals surface area contributed by atoms with E-state index in [1.165, 1.54) is 18.3 Å². The number of aromatic hydroxyl groups is 1. The number of nitrogens with zero attached hydrogens (tertiary/aromatic N) is 1. The van der Waals surface area contributed by atoms with E-state index in [2.05, 4.69) is 9.68 Å². The van der Waals surface area contributed by atoms with Crippen LogP contribution in [0.4, 0.5) is 10.3 Å². The van der Waals surface area contributed by atoms with Crippen LogP contribution in [0, 0.1) is 5.82 Å². The average molecular weight is 194 g/mol. The molecule has 0 amide bonds. The highest BCUT2D eigenvalue weighted by molar-refractivity contribution is 5.72. The Bertz CT molecular complexity index is 468. The van der Waals surface area contributed by atoms with E-state index >= 15 is 0 Å². The molecule has 0 aliphatic heterocycles. The number of nitrogens with two attached hydrogens (primary N) is 1. The van der Waals surface area contributed by atoms with E-state index in [0.29, 0.717) is 5.56 Å². The van der Waals surface area contributed by atoms with Crippen molar-refractivity contribution in [2.45, 2.75) is 0 Å². The number of anilines is 1. The number of nitrogen functional groups attached to an aromatic ring is 1. The Balaban J connectivity index is 2.58. The van der Waals surface area contributed by atoms with Crippen LogP contribution in [0.3, 0.4) is 0 Å². The normalized spacial score (nSPS) is 10.4. The van der Waals surface area contributed by atoms with Crippen molar-refractivity contribution in [3.63, 3.8) is 0 Å². The van der Waals surface area contributed by atoms with E-state index in [-0.39, 0.29) is 17.2 Å². The second-order valence-electron chi connectivity index (χ2n) is 2.77. The zero-order valence-electron chi connectivity index (χ0n) is 7.07. The van der Waals surface area contributed by atoms with Crippen LogP contribution >= 0.6 is 0 Å². The van der Waals surface area contributed by atoms with E-state index in [1.807, 2.05) is 0 Å². The molecule has 0 unspecified atom stereocenters. The highest BCUT2D eigenvalue weighted by Crippen LogP contribution is 2.29. The standard InChI is InChI=1S/C9H7FN2O2/c10-8-3-5(13)1-2-6(8)7-4-12-14-9(7)11/h1-4,13H,11H2. The highest BCUT2D eigenvalue weighted by atomic mass is 19.1. The van der Waals surface area contributed by atoms with E-state index in [0.717, 1.165) is 6.07 Å². The molecular formula is C9H7FN2O2. The Morgan fingerprint density at radius 1 is 1.36 bits per heavy atom. The summed E-state index contributed by atoms with van der Waals surface area (Å²) < 4.78 is 17.9. The lowest BCUT2D eigenvalue weighted by atomic mass is 10.1. The van der Waals surface area contributed by atoms with Gasteiger partial charge in [-0.2, -0.15) is 0 Å². The molecular weight excluding hydrogens is 187 g/mol. The van der Waals surface area contributed by atoms with Gasteiger partial charge in [-0.3, -0.25) is 0 Å². The Hall–Kier alpha value is -2.04. The summed E-state index contributed by atoms with van der Waals surface area (Å²) >= 11 is 0. The first-order valence-electron chi connectivity index (χ1n) is 3.87. The van der Waals surface area contributed by atoms with Gasteiger partial charge in [-0.05, 0) is 12.1 Å². The summed E-state index contributed by atoms with van der Waals surface area (Å²) in [5.41, 5.74) is 6.05. The Kier molecular flexibility index (Phi) is 1.85. The fourth-order valence-electron chi connectivity index (χ4n) is 1.17. The first kappa shape index (κ1) is 8.55. The van der Waals surface area contributed by atoms with Gasteiger partial charge in [-0.25, -0.2) is 4.39 Å². The molecule has 2 rings (SSSR count). The van der Waals surface area contributed by atoms with Crippen molar-refractivity contribution in [2.24, 2.45) is 0 Å². The molecule has 0 saturated heterocycles. The van der Waals surface area contributed by atoms with E-state index in [9.17, 15) is 4.39 Å². The SMILES string of the molecule is Nc1oncc1-c1ccc(O)cc1F. The van der Waals surface area contributed by atoms with Crippen LogP contribution in [-0.4, -0.2) is 10.3 Å². The summed E-state index contributed by atoms with van der Waals surface area (Å²) in [4.78, 5) is 0. The molecule has 4 nitrogen and oxygen atoms in total. The van der Waals surface area contributed by atoms with Crippen LogP contribution < -0.4 is 5.73 Å². The first-order chi connectivity index (χ1) is 6.68. The van der Waals surface area contributed by atoms with Gasteiger partial charge >= 0.3 is 0 Å². The lowest BCUT2D eigenvalue weighted by Crippen LogP contribution is -1.87. The van der Waals surface area contributed by atoms with Crippen molar-refractivity contribution in [1.82, 2.24) is 5.16 Å². The third-order valence-electron chi connectivity index (χ3n) is 1.84. The predicted octanol–water partition coefficient (Wildman–Crippen LogP) is 1.77. The van der Waals surface area contributed by atoms with Crippen LogP contribution in [0.5, 0.6) is 5.75 Å². The lowest BCUT2D eigenvalue weighted by Gasteiger charge is -2.00. The predicted molar refractivity (Wildman–Crippen MR) is 48.0 cm³/mol. The largest absolute Gasteiger partial charge is 0.508 e. The number of hydrogen-bond acceptors (Lipinski definition) is 4. The third-order valence-corrected chi connectivity index (χ3v) is 1.84. The molecule has 0 aliphatic rings. The van der Waals surface area contributed by atoms with Crippen molar-refractivity contribution in [3.05, 3.63) is 30.2 Å². The zero-order valence-corrected chi connectivity index (χ0v) is 7.07. The average Bonchev–Trinajstić information content (AvgIpc) is 2.52. The summed E-state index contributed by atoms with van der Waals surface area (Å²) in [6.45, 7) is 0. The molecule has 3 N–H and O–H groups in total. The molecule has 1 heterocycles. The van der Waals surface area contributed by atoms with Gasteiger partial charge in [0.05, 0.1) is 11.8 Å². The number of aromatic nitrogens is 1. The van der Waals surface area contributed by atoms with Crippen molar-refractivity contribution >= 4 is 5.88 Å². The summed E-state index contributed by atoms with van der Waals surface area (Å²) in [5, 5.41) is 12.4. The smallest absolute Gasteiger partial charge is 0.230 e. The van der Waals surface area contributed by atoms with E-state index < -0.39 is 5.82 Å². The summed E-state index contributed by atoms with van der Waals surface area (Å²) in [6.07, 6.45) is 1.32. The minimum absolute atomic E-state index is 0.0505. The van der Waals surface area contributed by atoms with Gasteiger partial charge in [0.1, 0.15) is 11.6 Å². The second kappa shape index (κ2) is 3.02. The van der Waals surface area contributed by atoms with Gasteiger partial charge in [-0.1, -0.05) is 5.16 Å². The molecule has 0 bridgehead atoms. The van der Waals surface area contributed by atoms with Crippen molar-refractivity contribution in [3.8, 4) is 16.9 Å². The molecule has 0 radical (unpaired) electrons. The Morgan fingerprint density at radius 3 is 2.71 bits per heavy atom. The Labute approximate surface area is 78.8 Å². The monoisotopic (exact) mass is 194 g/mol. The maximum Gasteiger partial charge on any atom is 0.230 e. The Morgan fingerprint density at radius 2 is 2.14 bits per heavy atom. The molecule has 2 aromatic rings. The number of halogens is 1. The number of rotatable bonds is 1. The number of phenolic OH excluding ortho intramolecular Hbond substituents is 1. The quantitative estimate of drug-likeness (QED) is 0.725. The van der Waals surface area contributed by atoms with Crippen LogP contribution in [-0.2, 0) is 0 Å². The van der Waals surface area contributed by atoms with Gasteiger partial charge in [-0.15, -0.1) is 0 Å². The fourth-order valence-corrected chi connectivity index (χ4v) is 1.17. The van der Waals surface area contributed by atoms with Crippen LogP contribution in [0.15, 0.2) is 28.9 Å². The van der Waals surface area contributed by atoms with Crippen LogP contribution in [0.2, 0.25) is 0 Å². The summed E-state index contributed by atoms with van der Waals surface area (Å²) in [7, 11) is 0. The second-order valence-corrected chi connectivity index (χ2v) is 2.77. The van der Waals surface area contributed by atoms with Gasteiger partial charge in [0.15, 0.2) is 0 Å². The molecule has 5 heteroatoms. The van der Waals surface area contributed by atoms with E-state index in [1.54, 1.807) is 0 Å². The van der Waals surface area contributed by atoms with Gasteiger partial charge in [0.2, 0.25) is 5.88 Å². The molecule has 1 aromatic carbocycles. The van der Waals surface area contributed by atoms with E-state index in [4.69, 9.17) is 10.8 Å². The number of phenols is 1. The van der Waals surface area contributed by atoms with Crippen molar-refractivity contribution in [2.75, 3.05) is 5.73 Å². The zero-order chi connectivity index (χ0) is 10.1. The summed E-state index contributed by atoms with van der Waals surface area (Å²) in [5.74, 6) is -0.657. The minimum Gasteiger partial charge on any atom is -0.508 e. The number of hydrogen-bond donors (Lipinski definition) is 2. The highest BCUT2D eigenvalue weighted by Gasteiger charge is 2.11. The maximum atomic E-state index is 13.3. The topological polar surface area (TPSA) is 72.3 Å². The molecule has 0 spiro atoms. The van der Waals surface area contributed by atoms with Gasteiger partial charge in [0.25, 0.3) is 0 Å². The van der Waals surface area contributed by atoms with Gasteiger partial charge in [0, 0.05) is 11.6 Å². The summed E-state index contributed by atoms with van der Waals surface area (Å²) in [6, 6.07) is 3.78. The molecule has 0 fully saturated rings. The maximum absolute atomic E-state index is 13.3. The first-order valence-corrected chi connectivity index (χ1v) is 3.87. The molecule has 0 saturated carbocycles. The lowest BCUT2D eigenvalue weighted by molar-refractivity contribution is 0.436. The van der Waals surface area contributed by atoms with Crippen molar-refractivity contribution < 1.29 is 14.0 Å². The fraction of sp³-hybridized carbons (Fsp3) is 0. The molecule has 0 atom stereocenters.